The Morgan fingerprint density at radius 2 is 1.89 bits per heavy atom. The van der Waals surface area contributed by atoms with Gasteiger partial charge in [0.2, 0.25) is 0 Å². The molecule has 1 aromatic rings. The number of aromatic nitrogens is 1. The highest BCUT2D eigenvalue weighted by Crippen LogP contribution is 2.34. The summed E-state index contributed by atoms with van der Waals surface area (Å²) in [4.78, 5) is 4.89. The van der Waals surface area contributed by atoms with Gasteiger partial charge in [0.15, 0.2) is 0 Å². The van der Waals surface area contributed by atoms with E-state index in [1.54, 1.807) is 18.4 Å². The van der Waals surface area contributed by atoms with Crippen LogP contribution in [0.3, 0.4) is 0 Å². The number of methoxy groups -OCH3 is 1. The van der Waals surface area contributed by atoms with E-state index in [0.29, 0.717) is 0 Å². The highest BCUT2D eigenvalue weighted by atomic mass is 32.1. The fourth-order valence-corrected chi connectivity index (χ4v) is 3.48. The SMILES string of the molecule is CCC(CC)(NCCOC)c1nc(C(C)(C)C)cs1. The topological polar surface area (TPSA) is 34.1 Å². The van der Waals surface area contributed by atoms with Crippen molar-refractivity contribution in [1.29, 1.82) is 0 Å². The van der Waals surface area contributed by atoms with Gasteiger partial charge in [-0.25, -0.2) is 4.98 Å². The first-order valence-electron chi connectivity index (χ1n) is 7.10. The number of nitrogens with zero attached hydrogens (tertiary/aromatic N) is 1. The van der Waals surface area contributed by atoms with Crippen molar-refractivity contribution in [3.8, 4) is 0 Å². The lowest BCUT2D eigenvalue weighted by Crippen LogP contribution is -2.43. The second-order valence-electron chi connectivity index (χ2n) is 6.00. The predicted octanol–water partition coefficient (Wildman–Crippen LogP) is 3.69. The molecule has 0 atom stereocenters. The average molecular weight is 284 g/mol. The molecule has 0 aromatic carbocycles. The molecule has 0 spiro atoms. The minimum atomic E-state index is -0.00725. The van der Waals surface area contributed by atoms with Gasteiger partial charge in [0, 0.05) is 24.4 Å². The maximum atomic E-state index is 5.14. The zero-order valence-corrected chi connectivity index (χ0v) is 14.0. The van der Waals surface area contributed by atoms with Crippen LogP contribution in [0, 0.1) is 0 Å². The maximum absolute atomic E-state index is 5.14. The molecule has 0 saturated carbocycles. The summed E-state index contributed by atoms with van der Waals surface area (Å²) in [5.74, 6) is 0. The predicted molar refractivity (Wildman–Crippen MR) is 83.0 cm³/mol. The van der Waals surface area contributed by atoms with Gasteiger partial charge in [0.05, 0.1) is 17.8 Å². The van der Waals surface area contributed by atoms with Crippen molar-refractivity contribution in [3.05, 3.63) is 16.1 Å². The lowest BCUT2D eigenvalue weighted by Gasteiger charge is -2.31. The molecule has 0 saturated heterocycles. The van der Waals surface area contributed by atoms with Crippen LogP contribution in [-0.4, -0.2) is 25.2 Å². The van der Waals surface area contributed by atoms with Crippen molar-refractivity contribution in [2.75, 3.05) is 20.3 Å². The molecular formula is C15H28N2OS. The van der Waals surface area contributed by atoms with E-state index in [4.69, 9.17) is 9.72 Å². The summed E-state index contributed by atoms with van der Waals surface area (Å²) < 4.78 is 5.14. The van der Waals surface area contributed by atoms with Gasteiger partial charge in [-0.3, -0.25) is 0 Å². The van der Waals surface area contributed by atoms with Crippen molar-refractivity contribution in [2.45, 2.75) is 58.4 Å². The second-order valence-corrected chi connectivity index (χ2v) is 6.85. The Balaban J connectivity index is 2.95. The maximum Gasteiger partial charge on any atom is 0.113 e. The molecular weight excluding hydrogens is 256 g/mol. The summed E-state index contributed by atoms with van der Waals surface area (Å²) in [6, 6.07) is 0. The highest BCUT2D eigenvalue weighted by molar-refractivity contribution is 7.09. The summed E-state index contributed by atoms with van der Waals surface area (Å²) in [6.45, 7) is 12.7. The molecule has 110 valence electrons. The molecule has 1 N–H and O–H groups in total. The van der Waals surface area contributed by atoms with Crippen LogP contribution in [-0.2, 0) is 15.7 Å². The number of hydrogen-bond donors (Lipinski definition) is 1. The van der Waals surface area contributed by atoms with Crippen LogP contribution in [0.25, 0.3) is 0 Å². The van der Waals surface area contributed by atoms with Gasteiger partial charge < -0.3 is 10.1 Å². The molecule has 1 aromatic heterocycles. The molecule has 0 radical (unpaired) electrons. The molecule has 0 amide bonds. The van der Waals surface area contributed by atoms with Crippen LogP contribution in [0.2, 0.25) is 0 Å². The van der Waals surface area contributed by atoms with Gasteiger partial charge in [-0.15, -0.1) is 11.3 Å². The minimum Gasteiger partial charge on any atom is -0.383 e. The fraction of sp³-hybridized carbons (Fsp3) is 0.800. The van der Waals surface area contributed by atoms with Gasteiger partial charge in [-0.05, 0) is 12.8 Å². The third-order valence-corrected chi connectivity index (χ3v) is 4.71. The first kappa shape index (κ1) is 16.6. The third kappa shape index (κ3) is 4.01. The van der Waals surface area contributed by atoms with Crippen molar-refractivity contribution in [1.82, 2.24) is 10.3 Å². The zero-order chi connectivity index (χ0) is 14.5. The summed E-state index contributed by atoms with van der Waals surface area (Å²) >= 11 is 1.78. The third-order valence-electron chi connectivity index (χ3n) is 3.66. The Morgan fingerprint density at radius 1 is 1.26 bits per heavy atom. The smallest absolute Gasteiger partial charge is 0.113 e. The van der Waals surface area contributed by atoms with Gasteiger partial charge in [-0.2, -0.15) is 0 Å². The fourth-order valence-electron chi connectivity index (χ4n) is 2.11. The van der Waals surface area contributed by atoms with Gasteiger partial charge >= 0.3 is 0 Å². The summed E-state index contributed by atoms with van der Waals surface area (Å²) in [5.41, 5.74) is 1.30. The monoisotopic (exact) mass is 284 g/mol. The van der Waals surface area contributed by atoms with Gasteiger partial charge in [0.25, 0.3) is 0 Å². The van der Waals surface area contributed by atoms with Gasteiger partial charge in [-0.1, -0.05) is 34.6 Å². The van der Waals surface area contributed by atoms with E-state index in [1.165, 1.54) is 10.7 Å². The number of thiazole rings is 1. The molecule has 0 aliphatic carbocycles. The van der Waals surface area contributed by atoms with Crippen LogP contribution in [0.15, 0.2) is 5.38 Å². The van der Waals surface area contributed by atoms with Crippen LogP contribution in [0.4, 0.5) is 0 Å². The van der Waals surface area contributed by atoms with Crippen molar-refractivity contribution < 1.29 is 4.74 Å². The first-order valence-corrected chi connectivity index (χ1v) is 7.98. The molecule has 0 unspecified atom stereocenters. The summed E-state index contributed by atoms with van der Waals surface area (Å²) in [6.07, 6.45) is 2.09. The number of hydrogen-bond acceptors (Lipinski definition) is 4. The first-order chi connectivity index (χ1) is 8.89. The van der Waals surface area contributed by atoms with E-state index in [1.807, 2.05) is 0 Å². The van der Waals surface area contributed by atoms with Crippen molar-refractivity contribution in [2.24, 2.45) is 0 Å². The van der Waals surface area contributed by atoms with E-state index in [-0.39, 0.29) is 11.0 Å². The Bertz CT molecular complexity index is 378. The molecule has 0 fully saturated rings. The number of nitrogens with one attached hydrogen (secondary N) is 1. The Hall–Kier alpha value is -0.450. The molecule has 19 heavy (non-hydrogen) atoms. The Kier molecular flexibility index (Phi) is 5.96. The average Bonchev–Trinajstić information content (AvgIpc) is 2.85. The molecule has 3 nitrogen and oxygen atoms in total. The van der Waals surface area contributed by atoms with E-state index < -0.39 is 0 Å². The number of rotatable bonds is 7. The molecule has 0 aliphatic heterocycles. The molecule has 1 rings (SSSR count). The largest absolute Gasteiger partial charge is 0.383 e. The minimum absolute atomic E-state index is 0.00725. The Morgan fingerprint density at radius 3 is 2.32 bits per heavy atom. The summed E-state index contributed by atoms with van der Waals surface area (Å²) in [7, 11) is 1.74. The Labute approximate surface area is 121 Å². The lowest BCUT2D eigenvalue weighted by atomic mass is 9.91. The van der Waals surface area contributed by atoms with Crippen molar-refractivity contribution >= 4 is 11.3 Å². The van der Waals surface area contributed by atoms with E-state index >= 15 is 0 Å². The van der Waals surface area contributed by atoms with E-state index in [9.17, 15) is 0 Å². The standard InChI is InChI=1S/C15H28N2OS/c1-7-15(8-2,16-9-10-18-6)13-17-12(11-19-13)14(3,4)5/h11,16H,7-10H2,1-6H3. The molecule has 0 bridgehead atoms. The van der Waals surface area contributed by atoms with Crippen LogP contribution in [0.5, 0.6) is 0 Å². The lowest BCUT2D eigenvalue weighted by molar-refractivity contribution is 0.180. The number of ether oxygens (including phenoxy) is 1. The second kappa shape index (κ2) is 6.82. The summed E-state index contributed by atoms with van der Waals surface area (Å²) in [5, 5.41) is 7.05. The van der Waals surface area contributed by atoms with Crippen LogP contribution >= 0.6 is 11.3 Å². The van der Waals surface area contributed by atoms with Crippen LogP contribution < -0.4 is 5.32 Å². The molecule has 1 heterocycles. The zero-order valence-electron chi connectivity index (χ0n) is 13.2. The molecule has 4 heteroatoms. The van der Waals surface area contributed by atoms with E-state index in [2.05, 4.69) is 45.3 Å². The van der Waals surface area contributed by atoms with Gasteiger partial charge in [0.1, 0.15) is 5.01 Å². The van der Waals surface area contributed by atoms with Crippen molar-refractivity contribution in [3.63, 3.8) is 0 Å². The van der Waals surface area contributed by atoms with Crippen LogP contribution in [0.1, 0.15) is 58.2 Å². The highest BCUT2D eigenvalue weighted by Gasteiger charge is 2.32. The quantitative estimate of drug-likeness (QED) is 0.775. The van der Waals surface area contributed by atoms with E-state index in [0.717, 1.165) is 26.0 Å². The normalized spacial score (nSPS) is 12.9. The molecule has 0 aliphatic rings.